The van der Waals surface area contributed by atoms with Gasteiger partial charge in [0.2, 0.25) is 11.8 Å². The molecule has 0 saturated carbocycles. The van der Waals surface area contributed by atoms with Crippen LogP contribution >= 0.6 is 11.6 Å². The number of imide groups is 1. The molecule has 3 atom stereocenters. The van der Waals surface area contributed by atoms with Crippen molar-refractivity contribution in [1.82, 2.24) is 10.2 Å². The molecule has 0 aliphatic carbocycles. The van der Waals surface area contributed by atoms with Crippen molar-refractivity contribution in [2.75, 3.05) is 0 Å². The summed E-state index contributed by atoms with van der Waals surface area (Å²) in [6.45, 7) is 0.0810. The van der Waals surface area contributed by atoms with Gasteiger partial charge in [-0.2, -0.15) is 13.2 Å². The first-order chi connectivity index (χ1) is 16.5. The minimum atomic E-state index is -4.88. The fraction of sp³-hybridized carbons (Fsp3) is 0.304. The molecule has 4 rings (SSSR count). The van der Waals surface area contributed by atoms with Crippen LogP contribution < -0.4 is 5.32 Å². The Morgan fingerprint density at radius 2 is 2.00 bits per heavy atom. The molecule has 2 aliphatic rings. The van der Waals surface area contributed by atoms with Crippen LogP contribution in [0.4, 0.5) is 17.6 Å². The second-order valence-electron chi connectivity index (χ2n) is 8.17. The van der Waals surface area contributed by atoms with E-state index >= 15 is 0 Å². The number of carbonyl (C=O) groups is 3. The molecule has 184 valence electrons. The van der Waals surface area contributed by atoms with Crippen LogP contribution in [0.3, 0.4) is 0 Å². The first kappa shape index (κ1) is 25.0. The molecule has 1 fully saturated rings. The van der Waals surface area contributed by atoms with Crippen molar-refractivity contribution in [2.24, 2.45) is 4.99 Å². The molecule has 2 aromatic carbocycles. The lowest BCUT2D eigenvalue weighted by atomic mass is 9.99. The van der Waals surface area contributed by atoms with Gasteiger partial charge in [-0.05, 0) is 41.3 Å². The molecular weight excluding hydrogens is 494 g/mol. The second-order valence-corrected chi connectivity index (χ2v) is 8.55. The van der Waals surface area contributed by atoms with Gasteiger partial charge in [-0.15, -0.1) is 0 Å². The second kappa shape index (κ2) is 9.48. The topological polar surface area (TPSA) is 99.1 Å². The quantitative estimate of drug-likeness (QED) is 0.371. The van der Waals surface area contributed by atoms with Gasteiger partial charge in [-0.25, -0.2) is 9.38 Å². The molecule has 2 aliphatic heterocycles. The number of nitrogens with zero attached hydrogens (tertiary/aromatic N) is 2. The fourth-order valence-corrected chi connectivity index (χ4v) is 4.43. The van der Waals surface area contributed by atoms with Gasteiger partial charge in [-0.3, -0.25) is 24.6 Å². The molecule has 12 heteroatoms. The highest BCUT2D eigenvalue weighted by Crippen LogP contribution is 2.38. The maximum absolute atomic E-state index is 13.7. The van der Waals surface area contributed by atoms with E-state index in [1.54, 1.807) is 0 Å². The van der Waals surface area contributed by atoms with Gasteiger partial charge in [0.1, 0.15) is 18.0 Å². The summed E-state index contributed by atoms with van der Waals surface area (Å²) in [5, 5.41) is 12.1. The number of rotatable bonds is 4. The van der Waals surface area contributed by atoms with Gasteiger partial charge < -0.3 is 5.11 Å². The van der Waals surface area contributed by atoms with E-state index in [1.165, 1.54) is 23.1 Å². The third-order valence-electron chi connectivity index (χ3n) is 5.96. The number of carbonyl (C=O) groups excluding carboxylic acids is 3. The number of hydrogen-bond donors (Lipinski definition) is 2. The van der Waals surface area contributed by atoms with Crippen molar-refractivity contribution in [2.45, 2.75) is 43.8 Å². The molecule has 3 unspecified atom stereocenters. The third-order valence-corrected chi connectivity index (χ3v) is 6.35. The Bertz CT molecular complexity index is 1230. The SMILES string of the molecule is O=C1CCC(N2Cc3cc(C(=O)/N=C/C(c4cccc(F)c4Cl)C(F)(F)F)ccc3C2O)C(=O)N1. The first-order valence-electron chi connectivity index (χ1n) is 10.5. The highest BCUT2D eigenvalue weighted by atomic mass is 35.5. The van der Waals surface area contributed by atoms with E-state index in [-0.39, 0.29) is 24.9 Å². The lowest BCUT2D eigenvalue weighted by Gasteiger charge is -2.31. The van der Waals surface area contributed by atoms with E-state index in [0.29, 0.717) is 17.3 Å². The Morgan fingerprint density at radius 3 is 2.69 bits per heavy atom. The summed E-state index contributed by atoms with van der Waals surface area (Å²) < 4.78 is 54.5. The smallest absolute Gasteiger partial charge is 0.374 e. The fourth-order valence-electron chi connectivity index (χ4n) is 4.19. The number of alkyl halides is 3. The van der Waals surface area contributed by atoms with Gasteiger partial charge in [-0.1, -0.05) is 29.8 Å². The number of benzene rings is 2. The molecule has 35 heavy (non-hydrogen) atoms. The monoisotopic (exact) mass is 511 g/mol. The number of halogens is 5. The van der Waals surface area contributed by atoms with E-state index < -0.39 is 58.5 Å². The van der Waals surface area contributed by atoms with Gasteiger partial charge in [0.25, 0.3) is 5.91 Å². The van der Waals surface area contributed by atoms with E-state index in [0.717, 1.165) is 18.2 Å². The Kier molecular flexibility index (Phi) is 6.76. The number of amides is 3. The number of nitrogens with one attached hydrogen (secondary N) is 1. The summed E-state index contributed by atoms with van der Waals surface area (Å²) in [5.74, 6) is -5.36. The molecule has 7 nitrogen and oxygen atoms in total. The first-order valence-corrected chi connectivity index (χ1v) is 10.8. The number of aliphatic hydroxyl groups is 1. The molecular formula is C23H18ClF4N3O4. The maximum atomic E-state index is 13.7. The maximum Gasteiger partial charge on any atom is 0.400 e. The molecule has 0 radical (unpaired) electrons. The zero-order valence-electron chi connectivity index (χ0n) is 17.9. The lowest BCUT2D eigenvalue weighted by molar-refractivity contribution is -0.142. The Balaban J connectivity index is 1.55. The summed E-state index contributed by atoms with van der Waals surface area (Å²) in [4.78, 5) is 41.0. The average molecular weight is 512 g/mol. The van der Waals surface area contributed by atoms with Crippen molar-refractivity contribution in [1.29, 1.82) is 0 Å². The van der Waals surface area contributed by atoms with Crippen LogP contribution in [-0.2, 0) is 16.1 Å². The van der Waals surface area contributed by atoms with Crippen molar-refractivity contribution < 1.29 is 37.1 Å². The zero-order chi connectivity index (χ0) is 25.5. The molecule has 2 N–H and O–H groups in total. The van der Waals surface area contributed by atoms with Gasteiger partial charge in [0, 0.05) is 24.7 Å². The van der Waals surface area contributed by atoms with Crippen molar-refractivity contribution in [3.8, 4) is 0 Å². The third kappa shape index (κ3) is 4.97. The van der Waals surface area contributed by atoms with Crippen LogP contribution in [0, 0.1) is 5.82 Å². The van der Waals surface area contributed by atoms with Crippen molar-refractivity contribution >= 4 is 35.5 Å². The summed E-state index contributed by atoms with van der Waals surface area (Å²) in [7, 11) is 0. The van der Waals surface area contributed by atoms with E-state index in [1.807, 2.05) is 0 Å². The van der Waals surface area contributed by atoms with Crippen LogP contribution in [0.2, 0.25) is 5.02 Å². The Hall–Kier alpha value is -3.15. The highest BCUT2D eigenvalue weighted by Gasteiger charge is 2.42. The summed E-state index contributed by atoms with van der Waals surface area (Å²) in [6, 6.07) is 6.34. The molecule has 0 bridgehead atoms. The Labute approximate surface area is 201 Å². The standard InChI is InChI=1S/C23H18ClF4N3O4/c24-19-14(2-1-3-16(19)25)15(23(26,27)28)9-29-20(33)11-4-5-13-12(8-11)10-31(22(13)35)17-6-7-18(32)30-21(17)34/h1-5,8-9,15,17,22,35H,6-7,10H2,(H,30,32,34)/b29-9+. The van der Waals surface area contributed by atoms with E-state index in [4.69, 9.17) is 11.6 Å². The average Bonchev–Trinajstić information content (AvgIpc) is 3.11. The summed E-state index contributed by atoms with van der Waals surface area (Å²) >= 11 is 5.70. The predicted molar refractivity (Wildman–Crippen MR) is 116 cm³/mol. The van der Waals surface area contributed by atoms with Gasteiger partial charge in [0.05, 0.1) is 11.1 Å². The van der Waals surface area contributed by atoms with E-state index in [2.05, 4.69) is 10.3 Å². The van der Waals surface area contributed by atoms with Crippen LogP contribution in [0.5, 0.6) is 0 Å². The lowest BCUT2D eigenvalue weighted by Crippen LogP contribution is -2.51. The number of aliphatic imine (C=N–C) groups is 1. The minimum Gasteiger partial charge on any atom is -0.374 e. The van der Waals surface area contributed by atoms with Crippen LogP contribution in [0.1, 0.15) is 52.0 Å². The molecule has 2 aromatic rings. The van der Waals surface area contributed by atoms with Gasteiger partial charge in [0.15, 0.2) is 0 Å². The number of hydrogen-bond acceptors (Lipinski definition) is 5. The van der Waals surface area contributed by atoms with Crippen LogP contribution in [-0.4, -0.2) is 46.2 Å². The highest BCUT2D eigenvalue weighted by molar-refractivity contribution is 6.31. The van der Waals surface area contributed by atoms with Crippen LogP contribution in [0.25, 0.3) is 0 Å². The van der Waals surface area contributed by atoms with Gasteiger partial charge >= 0.3 is 6.18 Å². The van der Waals surface area contributed by atoms with Crippen molar-refractivity contribution in [3.63, 3.8) is 0 Å². The predicted octanol–water partition coefficient (Wildman–Crippen LogP) is 3.65. The van der Waals surface area contributed by atoms with Crippen LogP contribution in [0.15, 0.2) is 41.4 Å². The summed E-state index contributed by atoms with van der Waals surface area (Å²) in [6.07, 6.45) is -5.34. The molecule has 1 saturated heterocycles. The van der Waals surface area contributed by atoms with Crippen molar-refractivity contribution in [3.05, 3.63) is 69.5 Å². The number of piperidine rings is 1. The van der Waals surface area contributed by atoms with E-state index in [9.17, 15) is 37.1 Å². The number of aliphatic hydroxyl groups excluding tert-OH is 1. The molecule has 2 heterocycles. The molecule has 0 aromatic heterocycles. The zero-order valence-corrected chi connectivity index (χ0v) is 18.6. The Morgan fingerprint density at radius 1 is 1.26 bits per heavy atom. The summed E-state index contributed by atoms with van der Waals surface area (Å²) in [5.41, 5.74) is 0.301. The molecule has 3 amide bonds. The largest absolute Gasteiger partial charge is 0.400 e. The minimum absolute atomic E-state index is 0.0383. The number of fused-ring (bicyclic) bond motifs is 1. The molecule has 0 spiro atoms. The normalized spacial score (nSPS) is 21.8.